The Balaban J connectivity index is 1.64. The first-order valence-electron chi connectivity index (χ1n) is 6.45. The fourth-order valence-corrected chi connectivity index (χ4v) is 3.66. The molecule has 0 radical (unpaired) electrons. The minimum atomic E-state index is 0.175. The summed E-state index contributed by atoms with van der Waals surface area (Å²) in [6, 6.07) is 2.02. The van der Waals surface area contributed by atoms with Gasteiger partial charge in [0.25, 0.3) is 0 Å². The molecule has 100 valence electrons. The second-order valence-corrected chi connectivity index (χ2v) is 6.56. The second kappa shape index (κ2) is 7.26. The Bertz CT molecular complexity index is 388. The van der Waals surface area contributed by atoms with E-state index >= 15 is 0 Å². The van der Waals surface area contributed by atoms with Crippen molar-refractivity contribution in [1.29, 1.82) is 0 Å². The normalized spacial score (nSPS) is 16.7. The van der Waals surface area contributed by atoms with Gasteiger partial charge in [0.1, 0.15) is 0 Å². The molecule has 1 aliphatic rings. The summed E-state index contributed by atoms with van der Waals surface area (Å²) in [5.74, 6) is 0.902. The van der Waals surface area contributed by atoms with E-state index in [1.54, 1.807) is 11.3 Å². The molecule has 0 saturated carbocycles. The molecule has 0 unspecified atom stereocenters. The maximum atomic E-state index is 11.8. The molecule has 5 heteroatoms. The lowest BCUT2D eigenvalue weighted by atomic mass is 9.93. The molecular formula is C13H19BrN2OS. The molecule has 2 heterocycles. The molecule has 2 rings (SSSR count). The van der Waals surface area contributed by atoms with Crippen LogP contribution in [-0.2, 0) is 11.3 Å². The maximum Gasteiger partial charge on any atom is 0.220 e. The van der Waals surface area contributed by atoms with E-state index in [-0.39, 0.29) is 5.91 Å². The summed E-state index contributed by atoms with van der Waals surface area (Å²) in [6.45, 7) is 2.85. The van der Waals surface area contributed by atoms with Crippen LogP contribution in [0.1, 0.15) is 30.6 Å². The number of thiophene rings is 1. The van der Waals surface area contributed by atoms with Gasteiger partial charge in [0.2, 0.25) is 5.91 Å². The van der Waals surface area contributed by atoms with Crippen LogP contribution in [0.3, 0.4) is 0 Å². The third kappa shape index (κ3) is 4.37. The zero-order valence-electron chi connectivity index (χ0n) is 10.4. The van der Waals surface area contributed by atoms with Crippen LogP contribution in [0.4, 0.5) is 0 Å². The zero-order valence-corrected chi connectivity index (χ0v) is 12.8. The summed E-state index contributed by atoms with van der Waals surface area (Å²) in [4.78, 5) is 12.9. The number of halogens is 1. The van der Waals surface area contributed by atoms with Crippen LogP contribution in [0, 0.1) is 5.92 Å². The lowest BCUT2D eigenvalue weighted by Gasteiger charge is -2.22. The first kappa shape index (κ1) is 14.0. The fraction of sp³-hybridized carbons (Fsp3) is 0.615. The molecule has 1 aromatic heterocycles. The number of carbonyl (C=O) groups excluding carboxylic acids is 1. The number of rotatable bonds is 5. The Morgan fingerprint density at radius 1 is 1.50 bits per heavy atom. The summed E-state index contributed by atoms with van der Waals surface area (Å²) in [6.07, 6.45) is 4.11. The highest BCUT2D eigenvalue weighted by Gasteiger charge is 2.14. The topological polar surface area (TPSA) is 41.1 Å². The van der Waals surface area contributed by atoms with Crippen molar-refractivity contribution in [3.05, 3.63) is 20.8 Å². The first-order chi connectivity index (χ1) is 8.75. The van der Waals surface area contributed by atoms with Gasteiger partial charge in [0.05, 0.1) is 6.54 Å². The van der Waals surface area contributed by atoms with E-state index in [4.69, 9.17) is 0 Å². The van der Waals surface area contributed by atoms with Crippen LogP contribution in [0.2, 0.25) is 0 Å². The molecule has 18 heavy (non-hydrogen) atoms. The number of carbonyl (C=O) groups is 1. The summed E-state index contributed by atoms with van der Waals surface area (Å²) in [5, 5.41) is 8.37. The Labute approximate surface area is 120 Å². The molecule has 0 bridgehead atoms. The Morgan fingerprint density at radius 3 is 2.94 bits per heavy atom. The van der Waals surface area contributed by atoms with Crippen LogP contribution >= 0.6 is 27.3 Å². The van der Waals surface area contributed by atoms with E-state index < -0.39 is 0 Å². The summed E-state index contributed by atoms with van der Waals surface area (Å²) < 4.78 is 1.09. The molecule has 0 aliphatic carbocycles. The van der Waals surface area contributed by atoms with Crippen LogP contribution in [-0.4, -0.2) is 19.0 Å². The van der Waals surface area contributed by atoms with Crippen LogP contribution < -0.4 is 10.6 Å². The van der Waals surface area contributed by atoms with Crippen molar-refractivity contribution in [2.24, 2.45) is 5.92 Å². The van der Waals surface area contributed by atoms with E-state index in [0.29, 0.717) is 13.0 Å². The number of hydrogen-bond donors (Lipinski definition) is 2. The van der Waals surface area contributed by atoms with Crippen LogP contribution in [0.25, 0.3) is 0 Å². The number of amides is 1. The highest BCUT2D eigenvalue weighted by atomic mass is 79.9. The number of hydrogen-bond acceptors (Lipinski definition) is 3. The minimum absolute atomic E-state index is 0.175. The Kier molecular flexibility index (Phi) is 5.66. The SMILES string of the molecule is O=C(CCC1CCNCC1)NCc1sccc1Br. The Hall–Kier alpha value is -0.390. The average Bonchev–Trinajstić information content (AvgIpc) is 2.81. The number of piperidine rings is 1. The van der Waals surface area contributed by atoms with Crippen molar-refractivity contribution >= 4 is 33.2 Å². The van der Waals surface area contributed by atoms with Crippen LogP contribution in [0.5, 0.6) is 0 Å². The average molecular weight is 331 g/mol. The van der Waals surface area contributed by atoms with Gasteiger partial charge in [-0.05, 0) is 65.6 Å². The molecule has 1 fully saturated rings. The molecule has 1 amide bonds. The van der Waals surface area contributed by atoms with Gasteiger partial charge in [-0.3, -0.25) is 4.79 Å². The van der Waals surface area contributed by atoms with Crippen LogP contribution in [0.15, 0.2) is 15.9 Å². The Morgan fingerprint density at radius 2 is 2.28 bits per heavy atom. The molecule has 1 saturated heterocycles. The summed E-state index contributed by atoms with van der Waals surface area (Å²) in [5.41, 5.74) is 0. The molecular weight excluding hydrogens is 312 g/mol. The fourth-order valence-electron chi connectivity index (χ4n) is 2.22. The van der Waals surface area contributed by atoms with Crippen molar-refractivity contribution < 1.29 is 4.79 Å². The number of nitrogens with one attached hydrogen (secondary N) is 2. The molecule has 2 N–H and O–H groups in total. The molecule has 0 aromatic carbocycles. The van der Waals surface area contributed by atoms with E-state index in [2.05, 4.69) is 26.6 Å². The zero-order chi connectivity index (χ0) is 12.8. The smallest absolute Gasteiger partial charge is 0.220 e. The molecule has 1 aliphatic heterocycles. The van der Waals surface area contributed by atoms with Gasteiger partial charge in [-0.2, -0.15) is 0 Å². The van der Waals surface area contributed by atoms with Gasteiger partial charge in [0.15, 0.2) is 0 Å². The van der Waals surface area contributed by atoms with Crippen molar-refractivity contribution in [3.8, 4) is 0 Å². The van der Waals surface area contributed by atoms with Crippen molar-refractivity contribution in [2.45, 2.75) is 32.2 Å². The first-order valence-corrected chi connectivity index (χ1v) is 8.12. The van der Waals surface area contributed by atoms with Gasteiger partial charge >= 0.3 is 0 Å². The van der Waals surface area contributed by atoms with Gasteiger partial charge in [-0.1, -0.05) is 0 Å². The molecule has 0 spiro atoms. The van der Waals surface area contributed by atoms with Gasteiger partial charge < -0.3 is 10.6 Å². The van der Waals surface area contributed by atoms with E-state index in [9.17, 15) is 4.79 Å². The summed E-state index contributed by atoms with van der Waals surface area (Å²) in [7, 11) is 0. The lowest BCUT2D eigenvalue weighted by Crippen LogP contribution is -2.29. The maximum absolute atomic E-state index is 11.8. The third-order valence-electron chi connectivity index (χ3n) is 3.38. The molecule has 3 nitrogen and oxygen atoms in total. The quantitative estimate of drug-likeness (QED) is 0.871. The highest BCUT2D eigenvalue weighted by molar-refractivity contribution is 9.10. The van der Waals surface area contributed by atoms with E-state index in [1.165, 1.54) is 17.7 Å². The van der Waals surface area contributed by atoms with Gasteiger partial charge in [-0.25, -0.2) is 0 Å². The van der Waals surface area contributed by atoms with Crippen molar-refractivity contribution in [3.63, 3.8) is 0 Å². The lowest BCUT2D eigenvalue weighted by molar-refractivity contribution is -0.121. The van der Waals surface area contributed by atoms with Gasteiger partial charge in [0, 0.05) is 15.8 Å². The van der Waals surface area contributed by atoms with Crippen molar-refractivity contribution in [1.82, 2.24) is 10.6 Å². The summed E-state index contributed by atoms with van der Waals surface area (Å²) >= 11 is 5.14. The monoisotopic (exact) mass is 330 g/mol. The minimum Gasteiger partial charge on any atom is -0.351 e. The van der Waals surface area contributed by atoms with Crippen molar-refractivity contribution in [2.75, 3.05) is 13.1 Å². The predicted molar refractivity (Wildman–Crippen MR) is 78.7 cm³/mol. The van der Waals surface area contributed by atoms with Gasteiger partial charge in [-0.15, -0.1) is 11.3 Å². The molecule has 1 aromatic rings. The molecule has 0 atom stereocenters. The predicted octanol–water partition coefficient (Wildman–Crippen LogP) is 2.91. The highest BCUT2D eigenvalue weighted by Crippen LogP contribution is 2.22. The second-order valence-electron chi connectivity index (χ2n) is 4.70. The van der Waals surface area contributed by atoms with E-state index in [0.717, 1.165) is 29.9 Å². The third-order valence-corrected chi connectivity index (χ3v) is 5.30. The largest absolute Gasteiger partial charge is 0.351 e. The van der Waals surface area contributed by atoms with E-state index in [1.807, 2.05) is 11.4 Å². The standard InChI is InChI=1S/C13H19BrN2OS/c14-11-5-8-18-12(11)9-16-13(17)2-1-10-3-6-15-7-4-10/h5,8,10,15H,1-4,6-7,9H2,(H,16,17).